The lowest BCUT2D eigenvalue weighted by atomic mass is 9.75. The van der Waals surface area contributed by atoms with Crippen molar-refractivity contribution in [3.05, 3.63) is 118 Å². The second-order valence-electron chi connectivity index (χ2n) is 22.5. The van der Waals surface area contributed by atoms with Crippen molar-refractivity contribution in [3.8, 4) is 11.8 Å². The van der Waals surface area contributed by atoms with Crippen LogP contribution >= 0.6 is 11.6 Å². The van der Waals surface area contributed by atoms with Gasteiger partial charge >= 0.3 is 5.97 Å². The minimum atomic E-state index is -5.17. The quantitative estimate of drug-likeness (QED) is 0.0131. The predicted molar refractivity (Wildman–Crippen MR) is 336 cm³/mol. The number of fused-ring (bicyclic) bond motifs is 6. The van der Waals surface area contributed by atoms with E-state index in [-0.39, 0.29) is 92.3 Å². The smallest absolute Gasteiger partial charge is 0.333 e. The molecule has 3 heterocycles. The molecule has 502 valence electrons. The Bertz CT molecular complexity index is 4420. The van der Waals surface area contributed by atoms with E-state index >= 15 is 0 Å². The Balaban J connectivity index is 1.20. The number of aromatic nitrogens is 1. The van der Waals surface area contributed by atoms with Crippen LogP contribution in [0.1, 0.15) is 76.8 Å². The van der Waals surface area contributed by atoms with E-state index in [1.54, 1.807) is 64.3 Å². The Morgan fingerprint density at radius 1 is 0.630 bits per heavy atom. The molecule has 0 saturated heterocycles. The third-order valence-electron chi connectivity index (χ3n) is 16.0. The van der Waals surface area contributed by atoms with E-state index in [9.17, 15) is 79.9 Å². The molecule has 0 bridgehead atoms. The summed E-state index contributed by atoms with van der Waals surface area (Å²) in [6, 6.07) is 11.5. The molecule has 0 fully saturated rings. The number of anilines is 1. The zero-order chi connectivity index (χ0) is 67.4. The van der Waals surface area contributed by atoms with Crippen molar-refractivity contribution in [2.75, 3.05) is 90.3 Å². The number of benzene rings is 4. The first-order valence-electron chi connectivity index (χ1n) is 28.7. The van der Waals surface area contributed by atoms with E-state index in [0.29, 0.717) is 114 Å². The minimum absolute atomic E-state index is 0.0321. The fourth-order valence-electron chi connectivity index (χ4n) is 11.9. The summed E-state index contributed by atoms with van der Waals surface area (Å²) in [6.45, 7) is 7.88. The number of halogens is 1. The Labute approximate surface area is 537 Å². The molecule has 1 aromatic heterocycles. The van der Waals surface area contributed by atoms with Gasteiger partial charge in [0.1, 0.15) is 16.3 Å². The first-order chi connectivity index (χ1) is 43.1. The van der Waals surface area contributed by atoms with Gasteiger partial charge in [-0.2, -0.15) is 46.7 Å². The lowest BCUT2D eigenvalue weighted by molar-refractivity contribution is -0.438. The standard InChI is InChI=1S/C59H70ClN3O24S5/c1-58(2)50(61(22-6-10-54(66)87-63-52(64)19-20-53(63)65)46-15-13-42-44(55(46)58)34-40(89(70,71)72)36-48(42)91(76,77)78)17-11-38-8-5-9-39(57(38)60)12-18-51-59(3,21-7-33-88(67,68)69)56-45-35-41(90(73,74)75)37-49(92(79,80)81)43(45)14-16-47(56)62(51)23-24-83-27-28-85-31-32-86-30-29-84-26-25-82-4/h11-20,34-37H,5-10,21-33H2,1-4H3,(H6-,64,65,67,68,69,70,71,72,73,74,75,76,77,78,79,80,81)/p+1. The number of methoxy groups -OCH3 is 1. The molecule has 8 rings (SSSR count). The van der Waals surface area contributed by atoms with Crippen molar-refractivity contribution in [1.29, 1.82) is 0 Å². The number of carbonyl (C=O) groups is 1. The molecule has 5 aromatic rings. The van der Waals surface area contributed by atoms with Crippen LogP contribution < -0.4 is 9.74 Å². The van der Waals surface area contributed by atoms with Gasteiger partial charge in [-0.25, -0.2) is 4.79 Å². The fourth-order valence-corrected chi connectivity index (χ4v) is 15.4. The molecular formula is C59H71ClN3O24S5+. The predicted octanol–water partition coefficient (Wildman–Crippen LogP) is 7.21. The van der Waals surface area contributed by atoms with Crippen LogP contribution in [0, 0.1) is 0 Å². The summed E-state index contributed by atoms with van der Waals surface area (Å²) in [5.74, 6) is -2.65. The van der Waals surface area contributed by atoms with E-state index < -0.39 is 104 Å². The average Bonchev–Trinajstić information content (AvgIpc) is 1.53. The molecule has 0 amide bonds. The molecule has 92 heavy (non-hydrogen) atoms. The summed E-state index contributed by atoms with van der Waals surface area (Å²) in [6.07, 6.45) is 7.90. The van der Waals surface area contributed by atoms with Gasteiger partial charge in [-0.3, -0.25) is 22.8 Å². The number of hydrogen-bond acceptors (Lipinski definition) is 20. The Morgan fingerprint density at radius 2 is 1.16 bits per heavy atom. The highest BCUT2D eigenvalue weighted by atomic mass is 35.5. The minimum Gasteiger partial charge on any atom is -0.492 e. The molecule has 0 radical (unpaired) electrons. The lowest BCUT2D eigenvalue weighted by Gasteiger charge is -2.31. The van der Waals surface area contributed by atoms with Gasteiger partial charge in [0.15, 0.2) is 5.71 Å². The van der Waals surface area contributed by atoms with Crippen LogP contribution in [0.25, 0.3) is 21.5 Å². The molecule has 33 heteroatoms. The van der Waals surface area contributed by atoms with Crippen LogP contribution in [0.5, 0.6) is 11.8 Å². The van der Waals surface area contributed by atoms with Crippen LogP contribution in [0.15, 0.2) is 126 Å². The summed E-state index contributed by atoms with van der Waals surface area (Å²) in [5, 5.41) is 20.3. The number of ether oxygens (including phenoxy) is 5. The molecule has 3 aliphatic rings. The largest absolute Gasteiger partial charge is 0.492 e. The maximum Gasteiger partial charge on any atom is 0.333 e. The van der Waals surface area contributed by atoms with E-state index in [0.717, 1.165) is 24.3 Å². The number of nitrogens with zero attached hydrogens (tertiary/aromatic N) is 3. The first-order valence-corrected chi connectivity index (χ1v) is 36.4. The van der Waals surface area contributed by atoms with Crippen LogP contribution in [0.2, 0.25) is 0 Å². The SMILES string of the molecule is COCCOCCOCCOCCOCCN1C(=CC=C2CCCC(C=CC3=[N+](CCCC(=O)On4c(O)ccc4O)c4ccc5c(S(=O)(=O)O)cc(S(=O)(=O)O)cc5c4C3(C)C)=C2Cl)C(C)(CCCS(=O)(=O)O)c2c1ccc1c(S(=O)(=O)O)cc(S(=O)(=O)O)cc21. The van der Waals surface area contributed by atoms with Crippen molar-refractivity contribution >= 4 is 107 Å². The molecule has 4 aromatic carbocycles. The van der Waals surface area contributed by atoms with Gasteiger partial charge in [-0.1, -0.05) is 29.8 Å². The number of allylic oxidation sites excluding steroid dienone is 8. The zero-order valence-electron chi connectivity index (χ0n) is 50.3. The molecule has 1 unspecified atom stereocenters. The van der Waals surface area contributed by atoms with Gasteiger partial charge in [0.05, 0.1) is 86.8 Å². The fraction of sp³-hybridized carbons (Fsp3) is 0.424. The average molecular weight is 1400 g/mol. The Hall–Kier alpha value is -6.18. The van der Waals surface area contributed by atoms with Crippen LogP contribution in [-0.4, -0.2) is 181 Å². The molecule has 1 aliphatic carbocycles. The third kappa shape index (κ3) is 16.5. The van der Waals surface area contributed by atoms with Crippen molar-refractivity contribution < 1.29 is 113 Å². The van der Waals surface area contributed by atoms with E-state index in [4.69, 9.17) is 40.1 Å². The van der Waals surface area contributed by atoms with Crippen molar-refractivity contribution in [1.82, 2.24) is 4.73 Å². The highest BCUT2D eigenvalue weighted by molar-refractivity contribution is 7.87. The van der Waals surface area contributed by atoms with Crippen molar-refractivity contribution in [2.24, 2.45) is 0 Å². The third-order valence-corrected chi connectivity index (χ3v) is 20.7. The highest BCUT2D eigenvalue weighted by Crippen LogP contribution is 2.55. The van der Waals surface area contributed by atoms with Gasteiger partial charge in [0.2, 0.25) is 17.4 Å². The lowest BCUT2D eigenvalue weighted by Crippen LogP contribution is -2.31. The van der Waals surface area contributed by atoms with Gasteiger partial charge < -0.3 is 43.6 Å². The van der Waals surface area contributed by atoms with Crippen LogP contribution in [0.3, 0.4) is 0 Å². The second kappa shape index (κ2) is 28.8. The Morgan fingerprint density at radius 3 is 1.70 bits per heavy atom. The van der Waals surface area contributed by atoms with E-state index in [2.05, 4.69) is 0 Å². The molecule has 0 spiro atoms. The molecule has 7 N–H and O–H groups in total. The maximum atomic E-state index is 13.1. The van der Waals surface area contributed by atoms with Gasteiger partial charge in [0, 0.05) is 82.5 Å². The summed E-state index contributed by atoms with van der Waals surface area (Å²) >= 11 is 7.38. The van der Waals surface area contributed by atoms with Gasteiger partial charge in [-0.15, -0.1) is 4.73 Å². The van der Waals surface area contributed by atoms with E-state index in [1.807, 2.05) is 9.48 Å². The monoisotopic (exact) mass is 1400 g/mol. The van der Waals surface area contributed by atoms with Gasteiger partial charge in [-0.05, 0) is 123 Å². The summed E-state index contributed by atoms with van der Waals surface area (Å²) in [7, 11) is -23.5. The molecule has 27 nitrogen and oxygen atoms in total. The van der Waals surface area contributed by atoms with Crippen LogP contribution in [0.4, 0.5) is 11.4 Å². The summed E-state index contributed by atoms with van der Waals surface area (Å²) in [5.41, 5.74) is 1.11. The first kappa shape index (κ1) is 71.7. The topological polar surface area (TPSA) is 396 Å². The number of carbonyl (C=O) groups excluding carboxylic acids is 1. The molecular weight excluding hydrogens is 1330 g/mol. The summed E-state index contributed by atoms with van der Waals surface area (Å²) in [4.78, 5) is 16.8. The van der Waals surface area contributed by atoms with Gasteiger partial charge in [0.25, 0.3) is 50.6 Å². The second-order valence-corrected chi connectivity index (χ2v) is 30.1. The highest BCUT2D eigenvalue weighted by Gasteiger charge is 2.48. The number of hydrogen-bond donors (Lipinski definition) is 7. The number of rotatable bonds is 31. The zero-order valence-corrected chi connectivity index (χ0v) is 55.2. The molecule has 2 aliphatic heterocycles. The Kier molecular flexibility index (Phi) is 22.4. The van der Waals surface area contributed by atoms with Crippen molar-refractivity contribution in [2.45, 2.75) is 96.1 Å². The van der Waals surface area contributed by atoms with Crippen molar-refractivity contribution in [3.63, 3.8) is 0 Å². The normalized spacial score (nSPS) is 18.2. The van der Waals surface area contributed by atoms with E-state index in [1.165, 1.54) is 12.1 Å². The molecule has 1 atom stereocenters. The van der Waals surface area contributed by atoms with Crippen LogP contribution in [-0.2, 0) is 89.9 Å². The number of aromatic hydroxyl groups is 2. The molecule has 0 saturated carbocycles. The summed E-state index contributed by atoms with van der Waals surface area (Å²) < 4.78 is 208. The maximum absolute atomic E-state index is 13.1.